The van der Waals surface area contributed by atoms with Crippen LogP contribution in [0.25, 0.3) is 0 Å². The highest BCUT2D eigenvalue weighted by atomic mass is 35.5. The number of halogens is 1. The second-order valence-electron chi connectivity index (χ2n) is 4.59. The smallest absolute Gasteiger partial charge is 0.207 e. The normalized spacial score (nSPS) is 31.0. The third-order valence-electron chi connectivity index (χ3n) is 3.60. The summed E-state index contributed by atoms with van der Waals surface area (Å²) in [6.45, 7) is 3.45. The zero-order valence-corrected chi connectivity index (χ0v) is 10.1. The molecule has 1 aromatic rings. The van der Waals surface area contributed by atoms with E-state index in [1.54, 1.807) is 0 Å². The Morgan fingerprint density at radius 2 is 2.00 bits per heavy atom. The van der Waals surface area contributed by atoms with Crippen molar-refractivity contribution in [2.75, 3.05) is 13.1 Å². The Hall–Kier alpha value is -0.190. The van der Waals surface area contributed by atoms with E-state index in [0.29, 0.717) is 4.47 Å². The second-order valence-corrected chi connectivity index (χ2v) is 6.24. The fourth-order valence-electron chi connectivity index (χ4n) is 2.95. The van der Waals surface area contributed by atoms with Gasteiger partial charge in [-0.15, -0.1) is 10.2 Å². The first-order valence-corrected chi connectivity index (χ1v) is 6.71. The van der Waals surface area contributed by atoms with Crippen LogP contribution in [0.3, 0.4) is 0 Å². The third kappa shape index (κ3) is 2.03. The summed E-state index contributed by atoms with van der Waals surface area (Å²) in [6, 6.07) is 0. The van der Waals surface area contributed by atoms with Crippen LogP contribution in [-0.4, -0.2) is 28.2 Å². The molecule has 1 aliphatic carbocycles. The summed E-state index contributed by atoms with van der Waals surface area (Å²) in [6.07, 6.45) is 4.30. The number of rotatable bonds is 2. The topological polar surface area (TPSA) is 29.0 Å². The highest BCUT2D eigenvalue weighted by Crippen LogP contribution is 2.38. The van der Waals surface area contributed by atoms with Gasteiger partial charge in [0.2, 0.25) is 4.47 Å². The van der Waals surface area contributed by atoms with Crippen molar-refractivity contribution in [3.63, 3.8) is 0 Å². The molecule has 15 heavy (non-hydrogen) atoms. The maximum Gasteiger partial charge on any atom is 0.207 e. The van der Waals surface area contributed by atoms with E-state index in [4.69, 9.17) is 11.6 Å². The van der Waals surface area contributed by atoms with E-state index in [2.05, 4.69) is 15.1 Å². The Balaban J connectivity index is 1.61. The molecule has 1 saturated carbocycles. The average Bonchev–Trinajstić information content (AvgIpc) is 2.81. The lowest BCUT2D eigenvalue weighted by Gasteiger charge is -2.13. The van der Waals surface area contributed by atoms with Gasteiger partial charge in [-0.1, -0.05) is 17.8 Å². The highest BCUT2D eigenvalue weighted by molar-refractivity contribution is 7.15. The summed E-state index contributed by atoms with van der Waals surface area (Å²) in [5.41, 5.74) is 0. The predicted octanol–water partition coefficient (Wildman–Crippen LogP) is 2.42. The number of aromatic nitrogens is 2. The largest absolute Gasteiger partial charge is 0.296 e. The molecule has 0 bridgehead atoms. The first-order chi connectivity index (χ1) is 7.31. The summed E-state index contributed by atoms with van der Waals surface area (Å²) in [5, 5.41) is 8.96. The van der Waals surface area contributed by atoms with Gasteiger partial charge in [-0.3, -0.25) is 4.90 Å². The van der Waals surface area contributed by atoms with E-state index in [1.165, 1.54) is 43.7 Å². The molecule has 0 aromatic carbocycles. The van der Waals surface area contributed by atoms with Crippen molar-refractivity contribution in [2.45, 2.75) is 25.8 Å². The lowest BCUT2D eigenvalue weighted by molar-refractivity contribution is 0.302. The van der Waals surface area contributed by atoms with Gasteiger partial charge in [0.15, 0.2) is 0 Å². The molecule has 3 rings (SSSR count). The summed E-state index contributed by atoms with van der Waals surface area (Å²) in [5.74, 6) is 1.90. The summed E-state index contributed by atoms with van der Waals surface area (Å²) < 4.78 is 0.560. The van der Waals surface area contributed by atoms with Crippen LogP contribution in [0.2, 0.25) is 4.47 Å². The van der Waals surface area contributed by atoms with E-state index in [1.807, 2.05) is 0 Å². The van der Waals surface area contributed by atoms with E-state index >= 15 is 0 Å². The first kappa shape index (κ1) is 10.00. The van der Waals surface area contributed by atoms with E-state index in [9.17, 15) is 0 Å². The monoisotopic (exact) mass is 243 g/mol. The van der Waals surface area contributed by atoms with E-state index < -0.39 is 0 Å². The molecular formula is C10H14ClN3S. The SMILES string of the molecule is Clc1nnc(CN2CC3CCCC3C2)s1. The number of hydrogen-bond donors (Lipinski definition) is 0. The van der Waals surface area contributed by atoms with Crippen LogP contribution in [-0.2, 0) is 6.54 Å². The van der Waals surface area contributed by atoms with Crippen molar-refractivity contribution in [1.29, 1.82) is 0 Å². The van der Waals surface area contributed by atoms with Gasteiger partial charge in [0.05, 0.1) is 6.54 Å². The molecular weight excluding hydrogens is 230 g/mol. The lowest BCUT2D eigenvalue weighted by atomic mass is 10.0. The molecule has 0 N–H and O–H groups in total. The minimum atomic E-state index is 0.560. The number of nitrogens with zero attached hydrogens (tertiary/aromatic N) is 3. The molecule has 3 nitrogen and oxygen atoms in total. The zero-order valence-electron chi connectivity index (χ0n) is 8.53. The maximum absolute atomic E-state index is 5.77. The molecule has 1 saturated heterocycles. The maximum atomic E-state index is 5.77. The standard InChI is InChI=1S/C10H14ClN3S/c11-10-13-12-9(15-10)6-14-4-7-2-1-3-8(7)5-14/h7-8H,1-6H2. The van der Waals surface area contributed by atoms with Crippen molar-refractivity contribution < 1.29 is 0 Å². The summed E-state index contributed by atoms with van der Waals surface area (Å²) in [7, 11) is 0. The molecule has 82 valence electrons. The van der Waals surface area contributed by atoms with Gasteiger partial charge in [0.1, 0.15) is 5.01 Å². The van der Waals surface area contributed by atoms with Crippen molar-refractivity contribution in [3.05, 3.63) is 9.47 Å². The van der Waals surface area contributed by atoms with Gasteiger partial charge in [-0.05, 0) is 36.3 Å². The van der Waals surface area contributed by atoms with Crippen molar-refractivity contribution in [3.8, 4) is 0 Å². The minimum absolute atomic E-state index is 0.560. The fraction of sp³-hybridized carbons (Fsp3) is 0.800. The van der Waals surface area contributed by atoms with Crippen LogP contribution in [0.15, 0.2) is 0 Å². The quantitative estimate of drug-likeness (QED) is 0.799. The Morgan fingerprint density at radius 1 is 1.27 bits per heavy atom. The van der Waals surface area contributed by atoms with Gasteiger partial charge in [0.25, 0.3) is 0 Å². The second kappa shape index (κ2) is 4.00. The molecule has 5 heteroatoms. The Morgan fingerprint density at radius 3 is 2.60 bits per heavy atom. The lowest BCUT2D eigenvalue weighted by Crippen LogP contribution is -2.20. The molecule has 2 unspecified atom stereocenters. The molecule has 2 aliphatic rings. The summed E-state index contributed by atoms with van der Waals surface area (Å²) >= 11 is 7.27. The minimum Gasteiger partial charge on any atom is -0.296 e. The molecule has 2 heterocycles. The zero-order chi connectivity index (χ0) is 10.3. The van der Waals surface area contributed by atoms with Gasteiger partial charge in [-0.2, -0.15) is 0 Å². The van der Waals surface area contributed by atoms with Crippen LogP contribution in [0.1, 0.15) is 24.3 Å². The van der Waals surface area contributed by atoms with E-state index in [0.717, 1.165) is 23.4 Å². The Labute approximate surface area is 98.5 Å². The van der Waals surface area contributed by atoms with Gasteiger partial charge >= 0.3 is 0 Å². The van der Waals surface area contributed by atoms with Gasteiger partial charge < -0.3 is 0 Å². The predicted molar refractivity (Wildman–Crippen MR) is 61.0 cm³/mol. The van der Waals surface area contributed by atoms with Crippen molar-refractivity contribution in [2.24, 2.45) is 11.8 Å². The van der Waals surface area contributed by atoms with Gasteiger partial charge in [-0.25, -0.2) is 0 Å². The molecule has 0 spiro atoms. The Kier molecular flexibility index (Phi) is 2.66. The van der Waals surface area contributed by atoms with E-state index in [-0.39, 0.29) is 0 Å². The van der Waals surface area contributed by atoms with Crippen molar-refractivity contribution in [1.82, 2.24) is 15.1 Å². The molecule has 1 aromatic heterocycles. The Bertz CT molecular complexity index is 342. The van der Waals surface area contributed by atoms with Crippen LogP contribution < -0.4 is 0 Å². The van der Waals surface area contributed by atoms with Crippen LogP contribution in [0, 0.1) is 11.8 Å². The molecule has 2 atom stereocenters. The van der Waals surface area contributed by atoms with Crippen LogP contribution in [0.4, 0.5) is 0 Å². The molecule has 0 radical (unpaired) electrons. The third-order valence-corrected chi connectivity index (χ3v) is 4.61. The molecule has 0 amide bonds. The van der Waals surface area contributed by atoms with Crippen LogP contribution >= 0.6 is 22.9 Å². The highest BCUT2D eigenvalue weighted by Gasteiger charge is 2.36. The molecule has 1 aliphatic heterocycles. The number of hydrogen-bond acceptors (Lipinski definition) is 4. The van der Waals surface area contributed by atoms with Crippen molar-refractivity contribution >= 4 is 22.9 Å². The molecule has 2 fully saturated rings. The first-order valence-electron chi connectivity index (χ1n) is 5.51. The van der Waals surface area contributed by atoms with Crippen LogP contribution in [0.5, 0.6) is 0 Å². The summed E-state index contributed by atoms with van der Waals surface area (Å²) in [4.78, 5) is 2.51. The fourth-order valence-corrected chi connectivity index (χ4v) is 3.86. The average molecular weight is 244 g/mol. The number of likely N-dealkylation sites (tertiary alicyclic amines) is 1. The van der Waals surface area contributed by atoms with Gasteiger partial charge in [0, 0.05) is 13.1 Å². The number of fused-ring (bicyclic) bond motifs is 1.